The van der Waals surface area contributed by atoms with Crippen LogP contribution in [0.2, 0.25) is 0 Å². The Balaban J connectivity index is 1.54. The first kappa shape index (κ1) is 21.3. The Bertz CT molecular complexity index is 943. The first-order valence-electron chi connectivity index (χ1n) is 9.99. The fourth-order valence-electron chi connectivity index (χ4n) is 3.64. The van der Waals surface area contributed by atoms with Gasteiger partial charge < -0.3 is 15.5 Å². The standard InChI is InChI=1S/C22H26N4O4/c1-15-5-8-19(9-6-15)24-22(28)23-13-17-4-3-11-25(14-17)21(27)18-7-10-20(26(29)30)16(2)12-18/h5-10,12,17H,3-4,11,13-14H2,1-2H3,(H2,23,24,28). The Kier molecular flexibility index (Phi) is 6.66. The summed E-state index contributed by atoms with van der Waals surface area (Å²) in [5.74, 6) is 0.0208. The number of nitrogens with one attached hydrogen (secondary N) is 2. The number of benzene rings is 2. The van der Waals surface area contributed by atoms with Gasteiger partial charge in [-0.15, -0.1) is 0 Å². The summed E-state index contributed by atoms with van der Waals surface area (Å²) in [6.07, 6.45) is 1.78. The number of aryl methyl sites for hydroxylation is 2. The Morgan fingerprint density at radius 2 is 1.90 bits per heavy atom. The molecule has 1 atom stereocenters. The lowest BCUT2D eigenvalue weighted by Crippen LogP contribution is -2.44. The van der Waals surface area contributed by atoms with E-state index in [9.17, 15) is 19.7 Å². The van der Waals surface area contributed by atoms with Gasteiger partial charge in [0.05, 0.1) is 4.92 Å². The number of rotatable bonds is 5. The minimum Gasteiger partial charge on any atom is -0.338 e. The molecule has 1 aliphatic heterocycles. The molecular weight excluding hydrogens is 384 g/mol. The zero-order valence-electron chi connectivity index (χ0n) is 17.2. The van der Waals surface area contributed by atoms with Crippen molar-refractivity contribution in [3.8, 4) is 0 Å². The SMILES string of the molecule is Cc1ccc(NC(=O)NCC2CCCN(C(=O)c3ccc([N+](=O)[O-])c(C)c3)C2)cc1. The quantitative estimate of drug-likeness (QED) is 0.576. The molecule has 1 saturated heterocycles. The summed E-state index contributed by atoms with van der Waals surface area (Å²) >= 11 is 0. The first-order chi connectivity index (χ1) is 14.3. The Morgan fingerprint density at radius 3 is 2.57 bits per heavy atom. The minimum atomic E-state index is -0.451. The number of nitrogens with zero attached hydrogens (tertiary/aromatic N) is 2. The van der Waals surface area contributed by atoms with Crippen molar-refractivity contribution >= 4 is 23.3 Å². The largest absolute Gasteiger partial charge is 0.338 e. The number of nitro groups is 1. The van der Waals surface area contributed by atoms with Gasteiger partial charge in [0.2, 0.25) is 0 Å². The molecular formula is C22H26N4O4. The van der Waals surface area contributed by atoms with Crippen LogP contribution in [0.4, 0.5) is 16.2 Å². The second-order valence-corrected chi connectivity index (χ2v) is 7.72. The summed E-state index contributed by atoms with van der Waals surface area (Å²) in [5, 5.41) is 16.7. The average molecular weight is 410 g/mol. The molecule has 0 aliphatic carbocycles. The van der Waals surface area contributed by atoms with Crippen LogP contribution in [0.1, 0.15) is 34.3 Å². The summed E-state index contributed by atoms with van der Waals surface area (Å²) in [5.41, 5.74) is 2.77. The summed E-state index contributed by atoms with van der Waals surface area (Å²) in [4.78, 5) is 37.3. The van der Waals surface area contributed by atoms with Crippen molar-refractivity contribution in [2.75, 3.05) is 25.0 Å². The highest BCUT2D eigenvalue weighted by molar-refractivity contribution is 5.95. The van der Waals surface area contributed by atoms with Crippen molar-refractivity contribution in [3.05, 3.63) is 69.3 Å². The number of carbonyl (C=O) groups is 2. The number of hydrogen-bond acceptors (Lipinski definition) is 4. The van der Waals surface area contributed by atoms with Crippen LogP contribution in [0.3, 0.4) is 0 Å². The van der Waals surface area contributed by atoms with Gasteiger partial charge in [-0.25, -0.2) is 4.79 Å². The Labute approximate surface area is 175 Å². The molecule has 3 rings (SSSR count). The van der Waals surface area contributed by atoms with Crippen LogP contribution in [-0.4, -0.2) is 41.4 Å². The van der Waals surface area contributed by atoms with E-state index in [2.05, 4.69) is 10.6 Å². The zero-order chi connectivity index (χ0) is 21.7. The van der Waals surface area contributed by atoms with Crippen molar-refractivity contribution in [2.24, 2.45) is 5.92 Å². The highest BCUT2D eigenvalue weighted by atomic mass is 16.6. The molecule has 1 unspecified atom stereocenters. The third-order valence-electron chi connectivity index (χ3n) is 5.31. The van der Waals surface area contributed by atoms with Crippen molar-refractivity contribution in [1.82, 2.24) is 10.2 Å². The van der Waals surface area contributed by atoms with Crippen LogP contribution < -0.4 is 10.6 Å². The van der Waals surface area contributed by atoms with Gasteiger partial charge in [0.1, 0.15) is 0 Å². The Hall–Kier alpha value is -3.42. The number of anilines is 1. The predicted molar refractivity (Wildman–Crippen MR) is 115 cm³/mol. The number of amides is 3. The summed E-state index contributed by atoms with van der Waals surface area (Å²) in [6.45, 7) is 5.27. The molecule has 8 heteroatoms. The van der Waals surface area contributed by atoms with Crippen LogP contribution in [0.15, 0.2) is 42.5 Å². The van der Waals surface area contributed by atoms with E-state index in [4.69, 9.17) is 0 Å². The van der Waals surface area contributed by atoms with E-state index in [-0.39, 0.29) is 23.5 Å². The van der Waals surface area contributed by atoms with Gasteiger partial charge in [0, 0.05) is 42.5 Å². The lowest BCUT2D eigenvalue weighted by molar-refractivity contribution is -0.385. The topological polar surface area (TPSA) is 105 Å². The lowest BCUT2D eigenvalue weighted by Gasteiger charge is -2.33. The number of hydrogen-bond donors (Lipinski definition) is 2. The van der Waals surface area contributed by atoms with Gasteiger partial charge in [-0.3, -0.25) is 14.9 Å². The molecule has 0 radical (unpaired) electrons. The molecule has 2 N–H and O–H groups in total. The van der Waals surface area contributed by atoms with E-state index in [1.807, 2.05) is 31.2 Å². The third-order valence-corrected chi connectivity index (χ3v) is 5.31. The van der Waals surface area contributed by atoms with E-state index in [0.717, 1.165) is 24.1 Å². The average Bonchev–Trinajstić information content (AvgIpc) is 2.73. The number of nitro benzene ring substituents is 1. The minimum absolute atomic E-state index is 0.00635. The molecule has 2 aromatic rings. The van der Waals surface area contributed by atoms with Crippen LogP contribution in [0, 0.1) is 29.9 Å². The third kappa shape index (κ3) is 5.34. The fraction of sp³-hybridized carbons (Fsp3) is 0.364. The molecule has 0 saturated carbocycles. The molecule has 0 bridgehead atoms. The normalized spacial score (nSPS) is 16.1. The van der Waals surface area contributed by atoms with Gasteiger partial charge >= 0.3 is 6.03 Å². The zero-order valence-corrected chi connectivity index (χ0v) is 17.2. The highest BCUT2D eigenvalue weighted by Crippen LogP contribution is 2.22. The van der Waals surface area contributed by atoms with Crippen molar-refractivity contribution in [3.63, 3.8) is 0 Å². The van der Waals surface area contributed by atoms with Gasteiger partial charge in [0.25, 0.3) is 11.6 Å². The fourth-order valence-corrected chi connectivity index (χ4v) is 3.64. The lowest BCUT2D eigenvalue weighted by atomic mass is 9.97. The second kappa shape index (κ2) is 9.39. The van der Waals surface area contributed by atoms with Gasteiger partial charge in [-0.1, -0.05) is 17.7 Å². The number of carbonyl (C=O) groups excluding carboxylic acids is 2. The Morgan fingerprint density at radius 1 is 1.17 bits per heavy atom. The number of urea groups is 1. The van der Waals surface area contributed by atoms with E-state index >= 15 is 0 Å². The molecule has 1 fully saturated rings. The molecule has 2 aromatic carbocycles. The van der Waals surface area contributed by atoms with E-state index in [1.54, 1.807) is 17.9 Å². The molecule has 0 spiro atoms. The molecule has 1 heterocycles. The number of likely N-dealkylation sites (tertiary alicyclic amines) is 1. The first-order valence-corrected chi connectivity index (χ1v) is 9.99. The molecule has 1 aliphatic rings. The maximum Gasteiger partial charge on any atom is 0.319 e. The number of piperidine rings is 1. The molecule has 0 aromatic heterocycles. The monoisotopic (exact) mass is 410 g/mol. The van der Waals surface area contributed by atoms with Crippen LogP contribution in [-0.2, 0) is 0 Å². The molecule has 158 valence electrons. The highest BCUT2D eigenvalue weighted by Gasteiger charge is 2.25. The summed E-state index contributed by atoms with van der Waals surface area (Å²) in [6, 6.07) is 11.7. The summed E-state index contributed by atoms with van der Waals surface area (Å²) < 4.78 is 0. The smallest absolute Gasteiger partial charge is 0.319 e. The van der Waals surface area contributed by atoms with E-state index in [1.165, 1.54) is 12.1 Å². The second-order valence-electron chi connectivity index (χ2n) is 7.72. The summed E-state index contributed by atoms with van der Waals surface area (Å²) in [7, 11) is 0. The molecule has 8 nitrogen and oxygen atoms in total. The predicted octanol–water partition coefficient (Wildman–Crippen LogP) is 3.89. The van der Waals surface area contributed by atoms with Crippen LogP contribution >= 0.6 is 0 Å². The van der Waals surface area contributed by atoms with Crippen molar-refractivity contribution in [2.45, 2.75) is 26.7 Å². The molecule has 30 heavy (non-hydrogen) atoms. The van der Waals surface area contributed by atoms with Gasteiger partial charge in [0.15, 0.2) is 0 Å². The van der Waals surface area contributed by atoms with Crippen molar-refractivity contribution in [1.29, 1.82) is 0 Å². The molecule has 3 amide bonds. The maximum absolute atomic E-state index is 12.8. The van der Waals surface area contributed by atoms with Gasteiger partial charge in [-0.2, -0.15) is 0 Å². The van der Waals surface area contributed by atoms with E-state index < -0.39 is 4.92 Å². The van der Waals surface area contributed by atoms with Crippen LogP contribution in [0.25, 0.3) is 0 Å². The van der Waals surface area contributed by atoms with Gasteiger partial charge in [-0.05, 0) is 56.9 Å². The maximum atomic E-state index is 12.8. The van der Waals surface area contributed by atoms with Crippen LogP contribution in [0.5, 0.6) is 0 Å². The van der Waals surface area contributed by atoms with E-state index in [0.29, 0.717) is 30.8 Å². The van der Waals surface area contributed by atoms with Crippen molar-refractivity contribution < 1.29 is 14.5 Å².